The summed E-state index contributed by atoms with van der Waals surface area (Å²) in [7, 11) is 3.12. The number of ketones is 2. The molecule has 0 spiro atoms. The van der Waals surface area contributed by atoms with Crippen LogP contribution in [0.25, 0.3) is 6.08 Å². The summed E-state index contributed by atoms with van der Waals surface area (Å²) >= 11 is 0. The molecule has 0 N–H and O–H groups in total. The molecule has 5 nitrogen and oxygen atoms in total. The standard InChI is InChI=1S/C20H21NO4/c1-4-21-17-8-6-5-7-16(20(17)23)18(22)11-9-14-13-15(24-2)10-12-19(14)25-3/h5-7,9-13H,4,8H2,1-3H3/b11-9+,21-17?. The minimum atomic E-state index is -0.370. The molecule has 130 valence electrons. The number of rotatable bonds is 6. The van der Waals surface area contributed by atoms with Crippen molar-refractivity contribution in [1.29, 1.82) is 0 Å². The first-order valence-corrected chi connectivity index (χ1v) is 8.00. The van der Waals surface area contributed by atoms with E-state index in [1.54, 1.807) is 44.6 Å². The topological polar surface area (TPSA) is 65.0 Å². The Morgan fingerprint density at radius 3 is 2.76 bits per heavy atom. The Morgan fingerprint density at radius 2 is 2.08 bits per heavy atom. The Morgan fingerprint density at radius 1 is 1.28 bits per heavy atom. The van der Waals surface area contributed by atoms with Crippen molar-refractivity contribution in [3.63, 3.8) is 0 Å². The summed E-state index contributed by atoms with van der Waals surface area (Å²) in [6.45, 7) is 2.36. The monoisotopic (exact) mass is 339 g/mol. The van der Waals surface area contributed by atoms with Crippen LogP contribution in [0.3, 0.4) is 0 Å². The van der Waals surface area contributed by atoms with Crippen LogP contribution in [-0.4, -0.2) is 38.0 Å². The highest BCUT2D eigenvalue weighted by Crippen LogP contribution is 2.25. The van der Waals surface area contributed by atoms with Gasteiger partial charge in [-0.2, -0.15) is 0 Å². The fraction of sp³-hybridized carbons (Fsp3) is 0.250. The zero-order valence-corrected chi connectivity index (χ0v) is 14.6. The molecule has 1 aromatic carbocycles. The van der Waals surface area contributed by atoms with E-state index in [9.17, 15) is 9.59 Å². The average Bonchev–Trinajstić information content (AvgIpc) is 2.81. The van der Waals surface area contributed by atoms with E-state index in [0.29, 0.717) is 35.7 Å². The molecule has 0 atom stereocenters. The molecule has 25 heavy (non-hydrogen) atoms. The van der Waals surface area contributed by atoms with E-state index >= 15 is 0 Å². The number of ether oxygens (including phenoxy) is 2. The first kappa shape index (κ1) is 18.4. The van der Waals surface area contributed by atoms with Crippen LogP contribution in [0.1, 0.15) is 18.9 Å². The van der Waals surface area contributed by atoms with Crippen molar-refractivity contribution >= 4 is 23.4 Å². The van der Waals surface area contributed by atoms with Gasteiger partial charge in [0.25, 0.3) is 0 Å². The van der Waals surface area contributed by atoms with Crippen LogP contribution >= 0.6 is 0 Å². The molecule has 0 unspecified atom stereocenters. The van der Waals surface area contributed by atoms with Gasteiger partial charge in [-0.25, -0.2) is 0 Å². The van der Waals surface area contributed by atoms with Crippen molar-refractivity contribution in [1.82, 2.24) is 0 Å². The van der Waals surface area contributed by atoms with Crippen LogP contribution in [0.15, 0.2) is 53.1 Å². The fourth-order valence-corrected chi connectivity index (χ4v) is 2.41. The third-order valence-electron chi connectivity index (χ3n) is 3.68. The number of aliphatic imine (C=N–C) groups is 1. The van der Waals surface area contributed by atoms with E-state index in [1.165, 1.54) is 12.2 Å². The molecule has 0 saturated carbocycles. The van der Waals surface area contributed by atoms with Gasteiger partial charge in [0.05, 0.1) is 25.5 Å². The van der Waals surface area contributed by atoms with Crippen molar-refractivity contribution in [2.24, 2.45) is 4.99 Å². The van der Waals surface area contributed by atoms with Gasteiger partial charge in [0.15, 0.2) is 5.78 Å². The molecule has 1 aliphatic carbocycles. The third kappa shape index (κ3) is 4.53. The highest BCUT2D eigenvalue weighted by molar-refractivity contribution is 6.53. The molecule has 0 fully saturated rings. The molecule has 0 amide bonds. The predicted octanol–water partition coefficient (Wildman–Crippen LogP) is 3.20. The summed E-state index contributed by atoms with van der Waals surface area (Å²) in [5, 5.41) is 0. The molecule has 0 saturated heterocycles. The lowest BCUT2D eigenvalue weighted by Crippen LogP contribution is -2.20. The van der Waals surface area contributed by atoms with Crippen molar-refractivity contribution in [3.8, 4) is 11.5 Å². The average molecular weight is 339 g/mol. The van der Waals surface area contributed by atoms with Gasteiger partial charge in [0, 0.05) is 18.5 Å². The molecule has 2 rings (SSSR count). The van der Waals surface area contributed by atoms with E-state index in [-0.39, 0.29) is 17.1 Å². The van der Waals surface area contributed by atoms with Crippen LogP contribution < -0.4 is 9.47 Å². The van der Waals surface area contributed by atoms with Crippen LogP contribution in [-0.2, 0) is 9.59 Å². The van der Waals surface area contributed by atoms with E-state index in [4.69, 9.17) is 9.47 Å². The lowest BCUT2D eigenvalue weighted by Gasteiger charge is -2.07. The van der Waals surface area contributed by atoms with Gasteiger partial charge in [0.1, 0.15) is 11.5 Å². The van der Waals surface area contributed by atoms with Crippen LogP contribution in [0.5, 0.6) is 11.5 Å². The number of carbonyl (C=O) groups is 2. The second-order valence-corrected chi connectivity index (χ2v) is 5.27. The Hall–Kier alpha value is -2.95. The zero-order chi connectivity index (χ0) is 18.2. The fourth-order valence-electron chi connectivity index (χ4n) is 2.41. The molecule has 1 aliphatic rings. The third-order valence-corrected chi connectivity index (χ3v) is 3.68. The lowest BCUT2D eigenvalue weighted by atomic mass is 10.0. The van der Waals surface area contributed by atoms with E-state index in [0.717, 1.165) is 0 Å². The molecule has 1 aromatic rings. The van der Waals surface area contributed by atoms with Crippen molar-refractivity contribution in [3.05, 3.63) is 53.6 Å². The Balaban J connectivity index is 2.28. The molecule has 0 radical (unpaired) electrons. The van der Waals surface area contributed by atoms with Gasteiger partial charge >= 0.3 is 0 Å². The molecule has 5 heteroatoms. The highest BCUT2D eigenvalue weighted by Gasteiger charge is 2.21. The summed E-state index contributed by atoms with van der Waals surface area (Å²) in [6.07, 6.45) is 8.49. The van der Waals surface area contributed by atoms with E-state index < -0.39 is 0 Å². The summed E-state index contributed by atoms with van der Waals surface area (Å²) in [6, 6.07) is 5.29. The summed E-state index contributed by atoms with van der Waals surface area (Å²) < 4.78 is 10.5. The minimum absolute atomic E-state index is 0.110. The lowest BCUT2D eigenvalue weighted by molar-refractivity contribution is -0.116. The first-order chi connectivity index (χ1) is 12.1. The number of hydrogen-bond acceptors (Lipinski definition) is 5. The Labute approximate surface area is 147 Å². The maximum absolute atomic E-state index is 12.5. The van der Waals surface area contributed by atoms with Gasteiger partial charge in [0.2, 0.25) is 5.78 Å². The van der Waals surface area contributed by atoms with Crippen LogP contribution in [0.4, 0.5) is 0 Å². The maximum atomic E-state index is 12.5. The molecule has 0 aliphatic heterocycles. The molecule has 0 heterocycles. The van der Waals surface area contributed by atoms with E-state index in [1.807, 2.05) is 13.0 Å². The van der Waals surface area contributed by atoms with Gasteiger partial charge < -0.3 is 9.47 Å². The SMILES string of the molecule is CCN=C1CC=CC=C(C(=O)/C=C/c2cc(OC)ccc2OC)C1=O. The van der Waals surface area contributed by atoms with Gasteiger partial charge in [-0.15, -0.1) is 0 Å². The number of hydrogen-bond donors (Lipinski definition) is 0. The van der Waals surface area contributed by atoms with Crippen LogP contribution in [0, 0.1) is 0 Å². The second-order valence-electron chi connectivity index (χ2n) is 5.27. The molecule has 0 aromatic heterocycles. The summed E-state index contributed by atoms with van der Waals surface area (Å²) in [5.74, 6) is 0.571. The predicted molar refractivity (Wildman–Crippen MR) is 98.4 cm³/mol. The van der Waals surface area contributed by atoms with Crippen molar-refractivity contribution in [2.45, 2.75) is 13.3 Å². The normalized spacial score (nSPS) is 16.0. The Bertz CT molecular complexity index is 785. The largest absolute Gasteiger partial charge is 0.497 e. The summed E-state index contributed by atoms with van der Waals surface area (Å²) in [5.41, 5.74) is 1.21. The highest BCUT2D eigenvalue weighted by atomic mass is 16.5. The number of benzene rings is 1. The number of allylic oxidation sites excluding steroid dienone is 5. The maximum Gasteiger partial charge on any atom is 0.210 e. The van der Waals surface area contributed by atoms with Crippen molar-refractivity contribution in [2.75, 3.05) is 20.8 Å². The van der Waals surface area contributed by atoms with E-state index in [2.05, 4.69) is 4.99 Å². The van der Waals surface area contributed by atoms with Crippen LogP contribution in [0.2, 0.25) is 0 Å². The second kappa shape index (κ2) is 8.78. The minimum Gasteiger partial charge on any atom is -0.497 e. The smallest absolute Gasteiger partial charge is 0.210 e. The molecular weight excluding hydrogens is 318 g/mol. The number of nitrogens with zero attached hydrogens (tertiary/aromatic N) is 1. The number of carbonyl (C=O) groups excluding carboxylic acids is 2. The Kier molecular flexibility index (Phi) is 6.46. The molecule has 0 bridgehead atoms. The zero-order valence-electron chi connectivity index (χ0n) is 14.6. The van der Waals surface area contributed by atoms with Crippen molar-refractivity contribution < 1.29 is 19.1 Å². The first-order valence-electron chi connectivity index (χ1n) is 8.00. The quantitative estimate of drug-likeness (QED) is 0.590. The number of Topliss-reactive ketones (excluding diaryl/α,β-unsaturated/α-hetero) is 1. The molecular formula is C20H21NO4. The van der Waals surface area contributed by atoms with Gasteiger partial charge in [-0.1, -0.05) is 12.2 Å². The summed E-state index contributed by atoms with van der Waals surface area (Å²) in [4.78, 5) is 29.2. The van der Waals surface area contributed by atoms with Gasteiger partial charge in [-0.3, -0.25) is 14.6 Å². The number of methoxy groups -OCH3 is 2. The van der Waals surface area contributed by atoms with Gasteiger partial charge in [-0.05, 0) is 43.4 Å².